The molecule has 0 saturated carbocycles. The van der Waals surface area contributed by atoms with Gasteiger partial charge in [-0.25, -0.2) is 9.97 Å². The summed E-state index contributed by atoms with van der Waals surface area (Å²) in [5.74, 6) is 1.25. The van der Waals surface area contributed by atoms with Crippen LogP contribution in [-0.4, -0.2) is 9.97 Å². The second kappa shape index (κ2) is 9.61. The van der Waals surface area contributed by atoms with E-state index in [0.717, 1.165) is 58.4 Å². The zero-order valence-electron chi connectivity index (χ0n) is 24.8. The van der Waals surface area contributed by atoms with Gasteiger partial charge in [0.1, 0.15) is 11.2 Å². The van der Waals surface area contributed by atoms with Gasteiger partial charge < -0.3 is 4.42 Å². The Morgan fingerprint density at radius 1 is 0.622 bits per heavy atom. The Kier molecular flexibility index (Phi) is 5.36. The average molecular weight is 579 g/mol. The summed E-state index contributed by atoms with van der Waals surface area (Å²) in [6, 6.07) is 36.7. The van der Waals surface area contributed by atoms with Crippen molar-refractivity contribution in [1.29, 1.82) is 0 Å². The lowest BCUT2D eigenvalue weighted by Crippen LogP contribution is -2.23. The van der Waals surface area contributed by atoms with Crippen molar-refractivity contribution < 1.29 is 4.42 Å². The monoisotopic (exact) mass is 578 g/mol. The van der Waals surface area contributed by atoms with Crippen molar-refractivity contribution in [2.75, 3.05) is 0 Å². The average Bonchev–Trinajstić information content (AvgIpc) is 3.49. The number of hydrogen-bond donors (Lipinski definition) is 0. The maximum atomic E-state index is 6.38. The second-order valence-corrected chi connectivity index (χ2v) is 12.8. The summed E-state index contributed by atoms with van der Waals surface area (Å²) in [5, 5.41) is 7.84. The van der Waals surface area contributed by atoms with Gasteiger partial charge >= 0.3 is 0 Å². The first-order chi connectivity index (χ1) is 22.3. The molecule has 3 atom stereocenters. The number of benzene rings is 6. The molecule has 0 amide bonds. The molecule has 0 radical (unpaired) electrons. The molecule has 3 heteroatoms. The van der Waals surface area contributed by atoms with Gasteiger partial charge in [-0.05, 0) is 88.0 Å². The van der Waals surface area contributed by atoms with Crippen molar-refractivity contribution in [3.63, 3.8) is 0 Å². The summed E-state index contributed by atoms with van der Waals surface area (Å²) in [4.78, 5) is 10.4. The lowest BCUT2D eigenvalue weighted by molar-refractivity contribution is 0.418. The van der Waals surface area contributed by atoms with E-state index in [9.17, 15) is 0 Å². The predicted molar refractivity (Wildman–Crippen MR) is 185 cm³/mol. The molecule has 0 bridgehead atoms. The lowest BCUT2D eigenvalue weighted by Gasteiger charge is -2.38. The molecule has 0 fully saturated rings. The minimum Gasteiger partial charge on any atom is -0.456 e. The molecule has 2 heterocycles. The van der Waals surface area contributed by atoms with E-state index in [4.69, 9.17) is 14.4 Å². The number of para-hydroxylation sites is 2. The standard InChI is InChI=1S/C42H30N2O/c1-2-10-25(11-3-1)42-35(43-33-16-6-7-17-34(33)44-42)23-20-27-24-26-12-4-5-13-28(26)38-29(27)21-22-31-30-14-8-18-36-40(30)41-32(39(31)38)15-9-19-37(41)45-36/h1-19,21-22,26-28H,20,23-24H2. The normalized spacial score (nSPS) is 19.2. The third-order valence-electron chi connectivity index (χ3n) is 10.4. The molecular weight excluding hydrogens is 548 g/mol. The van der Waals surface area contributed by atoms with Crippen molar-refractivity contribution in [3.8, 4) is 11.3 Å². The van der Waals surface area contributed by atoms with Crippen LogP contribution in [0.4, 0.5) is 0 Å². The molecule has 3 nitrogen and oxygen atoms in total. The maximum Gasteiger partial charge on any atom is 0.136 e. The van der Waals surface area contributed by atoms with Crippen LogP contribution in [-0.2, 0) is 6.42 Å². The van der Waals surface area contributed by atoms with Gasteiger partial charge in [0.05, 0.1) is 22.4 Å². The lowest BCUT2D eigenvalue weighted by atomic mass is 9.66. The summed E-state index contributed by atoms with van der Waals surface area (Å²) in [6.45, 7) is 0. The van der Waals surface area contributed by atoms with Crippen LogP contribution in [0, 0.1) is 5.92 Å². The molecule has 214 valence electrons. The number of nitrogens with zero attached hydrogens (tertiary/aromatic N) is 2. The predicted octanol–water partition coefficient (Wildman–Crippen LogP) is 10.9. The van der Waals surface area contributed by atoms with E-state index in [1.807, 2.05) is 6.07 Å². The van der Waals surface area contributed by atoms with Crippen molar-refractivity contribution >= 4 is 54.5 Å². The first-order valence-electron chi connectivity index (χ1n) is 16.1. The molecule has 6 aromatic carbocycles. The summed E-state index contributed by atoms with van der Waals surface area (Å²) in [6.07, 6.45) is 12.4. The summed E-state index contributed by atoms with van der Waals surface area (Å²) in [5.41, 5.74) is 10.1. The largest absolute Gasteiger partial charge is 0.456 e. The van der Waals surface area contributed by atoms with Crippen LogP contribution in [0.15, 0.2) is 132 Å². The fourth-order valence-corrected chi connectivity index (χ4v) is 8.43. The molecule has 2 aliphatic carbocycles. The molecule has 0 aliphatic heterocycles. The Hall–Kier alpha value is -5.28. The van der Waals surface area contributed by atoms with E-state index in [1.54, 1.807) is 0 Å². The number of aromatic nitrogens is 2. The van der Waals surface area contributed by atoms with Gasteiger partial charge in [-0.1, -0.05) is 103 Å². The van der Waals surface area contributed by atoms with Gasteiger partial charge in [0.25, 0.3) is 0 Å². The summed E-state index contributed by atoms with van der Waals surface area (Å²) in [7, 11) is 0. The molecular formula is C42H30N2O. The summed E-state index contributed by atoms with van der Waals surface area (Å²) < 4.78 is 6.38. The van der Waals surface area contributed by atoms with Crippen LogP contribution in [0.1, 0.15) is 41.5 Å². The highest BCUT2D eigenvalue weighted by atomic mass is 16.3. The topological polar surface area (TPSA) is 38.9 Å². The van der Waals surface area contributed by atoms with Crippen LogP contribution < -0.4 is 0 Å². The highest BCUT2D eigenvalue weighted by molar-refractivity contribution is 6.33. The van der Waals surface area contributed by atoms with Gasteiger partial charge in [-0.15, -0.1) is 0 Å². The highest BCUT2D eigenvalue weighted by Gasteiger charge is 2.35. The van der Waals surface area contributed by atoms with E-state index in [2.05, 4.69) is 121 Å². The van der Waals surface area contributed by atoms with E-state index >= 15 is 0 Å². The van der Waals surface area contributed by atoms with Crippen LogP contribution in [0.25, 0.3) is 65.8 Å². The number of fused-ring (bicyclic) bond motifs is 8. The zero-order valence-corrected chi connectivity index (χ0v) is 24.8. The van der Waals surface area contributed by atoms with Gasteiger partial charge in [0.15, 0.2) is 0 Å². The van der Waals surface area contributed by atoms with Gasteiger partial charge in [0.2, 0.25) is 0 Å². The van der Waals surface area contributed by atoms with Crippen LogP contribution >= 0.6 is 0 Å². The molecule has 2 aromatic heterocycles. The first-order valence-corrected chi connectivity index (χ1v) is 16.1. The minimum absolute atomic E-state index is 0.361. The van der Waals surface area contributed by atoms with E-state index < -0.39 is 0 Å². The van der Waals surface area contributed by atoms with Gasteiger partial charge in [-0.3, -0.25) is 0 Å². The Morgan fingerprint density at radius 2 is 1.33 bits per heavy atom. The number of rotatable bonds is 4. The molecule has 10 rings (SSSR count). The summed E-state index contributed by atoms with van der Waals surface area (Å²) >= 11 is 0. The van der Waals surface area contributed by atoms with Gasteiger partial charge in [-0.2, -0.15) is 0 Å². The maximum absolute atomic E-state index is 6.38. The minimum atomic E-state index is 0.361. The van der Waals surface area contributed by atoms with E-state index in [-0.39, 0.29) is 0 Å². The molecule has 0 saturated heterocycles. The van der Waals surface area contributed by atoms with E-state index in [1.165, 1.54) is 43.4 Å². The van der Waals surface area contributed by atoms with E-state index in [0.29, 0.717) is 17.8 Å². The molecule has 0 N–H and O–H groups in total. The smallest absolute Gasteiger partial charge is 0.136 e. The van der Waals surface area contributed by atoms with Crippen LogP contribution in [0.2, 0.25) is 0 Å². The Balaban J connectivity index is 1.16. The molecule has 8 aromatic rings. The Labute approximate surface area is 260 Å². The molecule has 0 spiro atoms. The van der Waals surface area contributed by atoms with Crippen molar-refractivity contribution in [2.24, 2.45) is 5.92 Å². The fourth-order valence-electron chi connectivity index (χ4n) is 8.43. The third kappa shape index (κ3) is 3.70. The van der Waals surface area contributed by atoms with Gasteiger partial charge in [0, 0.05) is 22.3 Å². The fraction of sp³-hybridized carbons (Fsp3) is 0.143. The second-order valence-electron chi connectivity index (χ2n) is 12.8. The Morgan fingerprint density at radius 3 is 2.18 bits per heavy atom. The number of allylic oxidation sites excluding steroid dienone is 4. The van der Waals surface area contributed by atoms with Crippen molar-refractivity contribution in [3.05, 3.63) is 144 Å². The Bertz CT molecular complexity index is 2490. The van der Waals surface area contributed by atoms with Crippen LogP contribution in [0.5, 0.6) is 0 Å². The number of furan rings is 1. The van der Waals surface area contributed by atoms with Crippen LogP contribution in [0.3, 0.4) is 0 Å². The number of aryl methyl sites for hydroxylation is 1. The first kappa shape index (κ1) is 25.1. The number of hydrogen-bond acceptors (Lipinski definition) is 3. The highest BCUT2D eigenvalue weighted by Crippen LogP contribution is 2.53. The molecule has 3 unspecified atom stereocenters. The van der Waals surface area contributed by atoms with Crippen molar-refractivity contribution in [2.45, 2.75) is 31.1 Å². The zero-order chi connectivity index (χ0) is 29.5. The quantitative estimate of drug-likeness (QED) is 0.195. The van der Waals surface area contributed by atoms with Crippen molar-refractivity contribution in [1.82, 2.24) is 9.97 Å². The molecule has 45 heavy (non-hydrogen) atoms. The molecule has 2 aliphatic rings. The SMILES string of the molecule is C1=CC2CC(CCc3nc4ccccc4nc3-c3ccccc3)c3ccc4c5cccc6oc7cccc(c4c3C2C=C1)c7c65. The third-order valence-corrected chi connectivity index (χ3v) is 10.4.